The predicted octanol–water partition coefficient (Wildman–Crippen LogP) is 5.09. The number of thioether (sulfide) groups is 1. The number of sulfonamides is 1. The minimum Gasteiger partial charge on any atom is -0.298 e. The molecule has 0 spiro atoms. The molecule has 164 valence electrons. The second-order valence-electron chi connectivity index (χ2n) is 7.05. The highest BCUT2D eigenvalue weighted by Gasteiger charge is 2.21. The first-order valence-corrected chi connectivity index (χ1v) is 13.2. The Morgan fingerprint density at radius 1 is 1.03 bits per heavy atom. The third kappa shape index (κ3) is 4.71. The molecule has 1 heterocycles. The lowest BCUT2D eigenvalue weighted by atomic mass is 10.2. The molecule has 0 saturated heterocycles. The van der Waals surface area contributed by atoms with Crippen LogP contribution < -0.4 is 5.32 Å². The Morgan fingerprint density at radius 3 is 2.44 bits per heavy atom. The monoisotopic (exact) mass is 483 g/mol. The fraction of sp³-hybridized carbons (Fsp3) is 0.130. The number of amides is 1. The molecule has 4 aromatic rings. The molecule has 1 aromatic heterocycles. The molecule has 0 bridgehead atoms. The third-order valence-electron chi connectivity index (χ3n) is 4.90. The Labute approximate surface area is 195 Å². The van der Waals surface area contributed by atoms with Crippen LogP contribution in [0, 0.1) is 0 Å². The summed E-state index contributed by atoms with van der Waals surface area (Å²) in [4.78, 5) is 18.4. The van der Waals surface area contributed by atoms with Gasteiger partial charge in [-0.15, -0.1) is 11.8 Å². The van der Waals surface area contributed by atoms with Gasteiger partial charge in [-0.05, 0) is 48.2 Å². The molecule has 32 heavy (non-hydrogen) atoms. The number of benzene rings is 3. The summed E-state index contributed by atoms with van der Waals surface area (Å²) in [5.74, 6) is -0.337. The van der Waals surface area contributed by atoms with Crippen LogP contribution in [0.4, 0.5) is 5.13 Å². The lowest BCUT2D eigenvalue weighted by Gasteiger charge is -2.17. The van der Waals surface area contributed by atoms with E-state index in [2.05, 4.69) is 10.3 Å². The molecule has 4 rings (SSSR count). The smallest absolute Gasteiger partial charge is 0.257 e. The van der Waals surface area contributed by atoms with Crippen molar-refractivity contribution in [3.8, 4) is 0 Å². The van der Waals surface area contributed by atoms with E-state index in [0.29, 0.717) is 10.7 Å². The number of anilines is 1. The SMILES string of the molecule is CSc1cccc2sc(NC(=O)c3ccc(S(=O)(=O)N(C)Cc4ccccc4)cc3)nc12. The van der Waals surface area contributed by atoms with Crippen LogP contribution in [0.3, 0.4) is 0 Å². The summed E-state index contributed by atoms with van der Waals surface area (Å²) < 4.78 is 28.1. The molecule has 6 nitrogen and oxygen atoms in total. The molecule has 1 amide bonds. The van der Waals surface area contributed by atoms with Gasteiger partial charge in [-0.25, -0.2) is 13.4 Å². The molecular formula is C23H21N3O3S3. The number of nitrogens with one attached hydrogen (secondary N) is 1. The van der Waals surface area contributed by atoms with Crippen molar-refractivity contribution in [3.63, 3.8) is 0 Å². The average molecular weight is 484 g/mol. The Kier molecular flexibility index (Phi) is 6.61. The summed E-state index contributed by atoms with van der Waals surface area (Å²) in [6.45, 7) is 0.265. The number of carbonyl (C=O) groups excluding carboxylic acids is 1. The molecule has 0 radical (unpaired) electrons. The molecule has 1 N–H and O–H groups in total. The van der Waals surface area contributed by atoms with E-state index in [0.717, 1.165) is 20.7 Å². The van der Waals surface area contributed by atoms with Crippen LogP contribution >= 0.6 is 23.1 Å². The predicted molar refractivity (Wildman–Crippen MR) is 131 cm³/mol. The number of carbonyl (C=O) groups is 1. The molecule has 3 aromatic carbocycles. The minimum absolute atomic E-state index is 0.136. The topological polar surface area (TPSA) is 79.4 Å². The van der Waals surface area contributed by atoms with Gasteiger partial charge in [0, 0.05) is 24.1 Å². The van der Waals surface area contributed by atoms with Gasteiger partial charge in [0.1, 0.15) is 0 Å². The highest BCUT2D eigenvalue weighted by molar-refractivity contribution is 7.98. The largest absolute Gasteiger partial charge is 0.298 e. The summed E-state index contributed by atoms with van der Waals surface area (Å²) in [5.41, 5.74) is 2.12. The van der Waals surface area contributed by atoms with Crippen LogP contribution in [0.15, 0.2) is 82.6 Å². The van der Waals surface area contributed by atoms with Gasteiger partial charge in [0.2, 0.25) is 10.0 Å². The van der Waals surface area contributed by atoms with E-state index in [9.17, 15) is 13.2 Å². The first-order valence-electron chi connectivity index (χ1n) is 9.74. The molecule has 0 atom stereocenters. The summed E-state index contributed by atoms with van der Waals surface area (Å²) in [6.07, 6.45) is 1.99. The lowest BCUT2D eigenvalue weighted by molar-refractivity contribution is 0.102. The van der Waals surface area contributed by atoms with Gasteiger partial charge >= 0.3 is 0 Å². The van der Waals surface area contributed by atoms with Crippen molar-refractivity contribution in [2.75, 3.05) is 18.6 Å². The number of thiazole rings is 1. The second kappa shape index (κ2) is 9.41. The van der Waals surface area contributed by atoms with E-state index in [-0.39, 0.29) is 17.3 Å². The number of aromatic nitrogens is 1. The molecule has 0 aliphatic carbocycles. The first kappa shape index (κ1) is 22.5. The Bertz CT molecular complexity index is 1350. The normalized spacial score (nSPS) is 11.7. The Hall–Kier alpha value is -2.72. The maximum absolute atomic E-state index is 12.9. The fourth-order valence-corrected chi connectivity index (χ4v) is 5.87. The zero-order valence-corrected chi connectivity index (χ0v) is 19.9. The van der Waals surface area contributed by atoms with Crippen LogP contribution in [0.1, 0.15) is 15.9 Å². The molecule has 0 saturated carbocycles. The number of rotatable bonds is 7. The van der Waals surface area contributed by atoms with Crippen LogP contribution in [-0.2, 0) is 16.6 Å². The van der Waals surface area contributed by atoms with Crippen LogP contribution in [0.5, 0.6) is 0 Å². The first-order chi connectivity index (χ1) is 15.4. The summed E-state index contributed by atoms with van der Waals surface area (Å²) >= 11 is 3.01. The van der Waals surface area contributed by atoms with Crippen LogP contribution in [-0.4, -0.2) is 36.9 Å². The zero-order valence-electron chi connectivity index (χ0n) is 17.5. The van der Waals surface area contributed by atoms with Gasteiger partial charge < -0.3 is 0 Å². The van der Waals surface area contributed by atoms with E-state index in [4.69, 9.17) is 0 Å². The maximum Gasteiger partial charge on any atom is 0.257 e. The Morgan fingerprint density at radius 2 is 1.75 bits per heavy atom. The maximum atomic E-state index is 12.9. The van der Waals surface area contributed by atoms with E-state index in [1.807, 2.05) is 54.8 Å². The van der Waals surface area contributed by atoms with Crippen LogP contribution in [0.25, 0.3) is 10.2 Å². The summed E-state index contributed by atoms with van der Waals surface area (Å²) in [6, 6.07) is 21.2. The van der Waals surface area contributed by atoms with E-state index >= 15 is 0 Å². The zero-order chi connectivity index (χ0) is 22.7. The minimum atomic E-state index is -3.67. The molecule has 0 aliphatic rings. The Balaban J connectivity index is 1.48. The van der Waals surface area contributed by atoms with Crippen molar-refractivity contribution < 1.29 is 13.2 Å². The van der Waals surface area contributed by atoms with Gasteiger partial charge in [0.15, 0.2) is 5.13 Å². The van der Waals surface area contributed by atoms with Crippen molar-refractivity contribution in [3.05, 3.63) is 83.9 Å². The quantitative estimate of drug-likeness (QED) is 0.370. The van der Waals surface area contributed by atoms with Gasteiger partial charge in [-0.2, -0.15) is 4.31 Å². The van der Waals surface area contributed by atoms with E-state index in [1.165, 1.54) is 39.9 Å². The lowest BCUT2D eigenvalue weighted by Crippen LogP contribution is -2.26. The molecule has 9 heteroatoms. The fourth-order valence-electron chi connectivity index (χ4n) is 3.19. The van der Waals surface area contributed by atoms with Crippen molar-refractivity contribution in [2.45, 2.75) is 16.3 Å². The van der Waals surface area contributed by atoms with Gasteiger partial charge in [-0.1, -0.05) is 47.7 Å². The standard InChI is InChI=1S/C23H21N3O3S3/c1-26(15-16-7-4-3-5-8-16)32(28,29)18-13-11-17(12-14-18)22(27)25-23-24-21-19(30-2)9-6-10-20(21)31-23/h3-14H,15H2,1-2H3,(H,24,25,27). The number of fused-ring (bicyclic) bond motifs is 1. The average Bonchev–Trinajstić information content (AvgIpc) is 3.22. The molecule has 0 aliphatic heterocycles. The van der Waals surface area contributed by atoms with Crippen molar-refractivity contribution >= 4 is 54.4 Å². The molecular weight excluding hydrogens is 462 g/mol. The number of hydrogen-bond acceptors (Lipinski definition) is 6. The van der Waals surface area contributed by atoms with Gasteiger partial charge in [-0.3, -0.25) is 10.1 Å². The summed E-state index contributed by atoms with van der Waals surface area (Å²) in [5, 5.41) is 3.32. The van der Waals surface area contributed by atoms with Gasteiger partial charge in [0.25, 0.3) is 5.91 Å². The van der Waals surface area contributed by atoms with Crippen molar-refractivity contribution in [1.29, 1.82) is 0 Å². The molecule has 0 unspecified atom stereocenters. The van der Waals surface area contributed by atoms with Crippen LogP contribution in [0.2, 0.25) is 0 Å². The van der Waals surface area contributed by atoms with E-state index < -0.39 is 10.0 Å². The highest BCUT2D eigenvalue weighted by Crippen LogP contribution is 2.32. The van der Waals surface area contributed by atoms with Crippen molar-refractivity contribution in [1.82, 2.24) is 9.29 Å². The highest BCUT2D eigenvalue weighted by atomic mass is 32.2. The number of nitrogens with zero attached hydrogens (tertiary/aromatic N) is 2. The third-order valence-corrected chi connectivity index (χ3v) is 8.42. The number of para-hydroxylation sites is 1. The van der Waals surface area contributed by atoms with Gasteiger partial charge in [0.05, 0.1) is 15.1 Å². The number of hydrogen-bond donors (Lipinski definition) is 1. The second-order valence-corrected chi connectivity index (χ2v) is 11.0. The van der Waals surface area contributed by atoms with E-state index in [1.54, 1.807) is 18.8 Å². The summed E-state index contributed by atoms with van der Waals surface area (Å²) in [7, 11) is -2.13. The molecule has 0 fully saturated rings. The van der Waals surface area contributed by atoms with Crippen molar-refractivity contribution in [2.24, 2.45) is 0 Å².